The highest BCUT2D eigenvalue weighted by atomic mass is 16.5. The maximum absolute atomic E-state index is 11.8. The van der Waals surface area contributed by atoms with Crippen LogP contribution in [0.5, 0.6) is 0 Å². The summed E-state index contributed by atoms with van der Waals surface area (Å²) >= 11 is 0. The highest BCUT2D eigenvalue weighted by molar-refractivity contribution is 6.09. The minimum atomic E-state index is -0.241. The molecule has 114 valence electrons. The topological polar surface area (TPSA) is 48.7 Å². The van der Waals surface area contributed by atoms with Gasteiger partial charge in [0.25, 0.3) is 0 Å². The Morgan fingerprint density at radius 1 is 1.14 bits per heavy atom. The summed E-state index contributed by atoms with van der Waals surface area (Å²) in [4.78, 5) is 11.8. The molecular weight excluding hydrogens is 280 g/mol. The van der Waals surface area contributed by atoms with Crippen LogP contribution in [-0.2, 0) is 27.3 Å². The van der Waals surface area contributed by atoms with Crippen LogP contribution in [0, 0.1) is 0 Å². The van der Waals surface area contributed by atoms with Gasteiger partial charge in [0.2, 0.25) is 0 Å². The Kier molecular flexibility index (Phi) is 4.11. The van der Waals surface area contributed by atoms with E-state index in [-0.39, 0.29) is 12.4 Å². The zero-order chi connectivity index (χ0) is 15.5. The molecule has 0 radical (unpaired) electrons. The highest BCUT2D eigenvalue weighted by Gasteiger charge is 2.14. The molecule has 0 bridgehead atoms. The average Bonchev–Trinajstić information content (AvgIpc) is 2.91. The summed E-state index contributed by atoms with van der Waals surface area (Å²) in [5, 5.41) is 3.16. The van der Waals surface area contributed by atoms with Crippen molar-refractivity contribution in [2.24, 2.45) is 0 Å². The third-order valence-corrected chi connectivity index (χ3v) is 3.70. The predicted molar refractivity (Wildman–Crippen MR) is 84.8 cm³/mol. The average molecular weight is 298 g/mol. The Bertz CT molecular complexity index is 816. The third-order valence-electron chi connectivity index (χ3n) is 3.70. The van der Waals surface area contributed by atoms with Gasteiger partial charge in [-0.05, 0) is 29.3 Å². The molecule has 0 saturated heterocycles. The van der Waals surface area contributed by atoms with Crippen molar-refractivity contribution in [3.05, 3.63) is 47.7 Å². The minimum absolute atomic E-state index is 0.217. The van der Waals surface area contributed by atoms with Gasteiger partial charge in [-0.3, -0.25) is 4.79 Å². The number of methoxy groups -OCH3 is 1. The first-order valence-electron chi connectivity index (χ1n) is 7.29. The van der Waals surface area contributed by atoms with Crippen molar-refractivity contribution in [3.63, 3.8) is 0 Å². The van der Waals surface area contributed by atoms with E-state index in [1.54, 1.807) is 20.3 Å². The Balaban J connectivity index is 2.15. The molecule has 0 amide bonds. The lowest BCUT2D eigenvalue weighted by Crippen LogP contribution is -2.07. The van der Waals surface area contributed by atoms with Crippen LogP contribution in [0.15, 0.2) is 41.0 Å². The van der Waals surface area contributed by atoms with Crippen molar-refractivity contribution in [1.82, 2.24) is 0 Å². The molecule has 0 aliphatic heterocycles. The van der Waals surface area contributed by atoms with Crippen molar-refractivity contribution >= 4 is 27.7 Å². The van der Waals surface area contributed by atoms with Crippen molar-refractivity contribution in [3.8, 4) is 0 Å². The molecule has 0 N–H and O–H groups in total. The van der Waals surface area contributed by atoms with E-state index in [0.717, 1.165) is 32.9 Å². The van der Waals surface area contributed by atoms with Crippen molar-refractivity contribution in [2.75, 3.05) is 13.7 Å². The third kappa shape index (κ3) is 2.57. The number of esters is 1. The maximum atomic E-state index is 11.8. The standard InChI is InChI=1S/C18H18O4/c1-3-21-17(19)9-13-11-22-16-8-7-14-12(10-20-2)5-4-6-15(14)18(13)16/h4-8,11H,3,9-10H2,1-2H3. The van der Waals surface area contributed by atoms with Crippen LogP contribution < -0.4 is 0 Å². The van der Waals surface area contributed by atoms with E-state index >= 15 is 0 Å². The smallest absolute Gasteiger partial charge is 0.310 e. The number of benzene rings is 2. The number of hydrogen-bond acceptors (Lipinski definition) is 4. The summed E-state index contributed by atoms with van der Waals surface area (Å²) in [6.45, 7) is 2.74. The number of carbonyl (C=O) groups is 1. The lowest BCUT2D eigenvalue weighted by molar-refractivity contribution is -0.142. The number of rotatable bonds is 5. The summed E-state index contributed by atoms with van der Waals surface area (Å²) in [7, 11) is 1.68. The SMILES string of the molecule is CCOC(=O)Cc1coc2ccc3c(COC)cccc3c12. The van der Waals surface area contributed by atoms with E-state index < -0.39 is 0 Å². The van der Waals surface area contributed by atoms with Gasteiger partial charge in [0, 0.05) is 18.1 Å². The van der Waals surface area contributed by atoms with Crippen LogP contribution in [0.2, 0.25) is 0 Å². The van der Waals surface area contributed by atoms with Gasteiger partial charge < -0.3 is 13.9 Å². The van der Waals surface area contributed by atoms with E-state index in [4.69, 9.17) is 13.9 Å². The first-order chi connectivity index (χ1) is 10.7. The Morgan fingerprint density at radius 2 is 2.00 bits per heavy atom. The predicted octanol–water partition coefficient (Wildman–Crippen LogP) is 3.84. The molecule has 3 aromatic rings. The Labute approximate surface area is 128 Å². The minimum Gasteiger partial charge on any atom is -0.466 e. The first kappa shape index (κ1) is 14.6. The molecule has 3 rings (SSSR count). The Hall–Kier alpha value is -2.33. The van der Waals surface area contributed by atoms with Gasteiger partial charge in [-0.2, -0.15) is 0 Å². The molecule has 1 heterocycles. The normalized spacial score (nSPS) is 11.2. The van der Waals surface area contributed by atoms with E-state index in [2.05, 4.69) is 0 Å². The quantitative estimate of drug-likeness (QED) is 0.672. The maximum Gasteiger partial charge on any atom is 0.310 e. The molecule has 0 fully saturated rings. The number of fused-ring (bicyclic) bond motifs is 3. The lowest BCUT2D eigenvalue weighted by atomic mass is 9.99. The molecule has 0 spiro atoms. The second kappa shape index (κ2) is 6.20. The van der Waals surface area contributed by atoms with Crippen molar-refractivity contribution < 1.29 is 18.7 Å². The number of furan rings is 1. The van der Waals surface area contributed by atoms with Crippen molar-refractivity contribution in [1.29, 1.82) is 0 Å². The van der Waals surface area contributed by atoms with E-state index in [0.29, 0.717) is 13.2 Å². The molecule has 0 atom stereocenters. The first-order valence-corrected chi connectivity index (χ1v) is 7.29. The summed E-state index contributed by atoms with van der Waals surface area (Å²) < 4.78 is 15.9. The molecule has 4 heteroatoms. The van der Waals surface area contributed by atoms with Crippen molar-refractivity contribution in [2.45, 2.75) is 20.0 Å². The van der Waals surface area contributed by atoms with E-state index in [9.17, 15) is 4.79 Å². The fourth-order valence-electron chi connectivity index (χ4n) is 2.80. The largest absolute Gasteiger partial charge is 0.466 e. The van der Waals surface area contributed by atoms with Crippen LogP contribution in [0.4, 0.5) is 0 Å². The zero-order valence-corrected chi connectivity index (χ0v) is 12.7. The molecule has 22 heavy (non-hydrogen) atoms. The molecule has 2 aromatic carbocycles. The molecule has 4 nitrogen and oxygen atoms in total. The molecular formula is C18H18O4. The lowest BCUT2D eigenvalue weighted by Gasteiger charge is -2.07. The summed E-state index contributed by atoms with van der Waals surface area (Å²) in [5.41, 5.74) is 2.75. The van der Waals surface area contributed by atoms with E-state index in [1.807, 2.05) is 30.3 Å². The van der Waals surface area contributed by atoms with Crippen LogP contribution in [0.3, 0.4) is 0 Å². The number of hydrogen-bond donors (Lipinski definition) is 0. The molecule has 0 aliphatic rings. The second-order valence-electron chi connectivity index (χ2n) is 5.13. The van der Waals surface area contributed by atoms with Crippen LogP contribution >= 0.6 is 0 Å². The fourth-order valence-corrected chi connectivity index (χ4v) is 2.80. The molecule has 0 unspecified atom stereocenters. The van der Waals surface area contributed by atoms with Gasteiger partial charge in [0.15, 0.2) is 0 Å². The highest BCUT2D eigenvalue weighted by Crippen LogP contribution is 2.32. The van der Waals surface area contributed by atoms with Gasteiger partial charge >= 0.3 is 5.97 Å². The van der Waals surface area contributed by atoms with Gasteiger partial charge in [0.1, 0.15) is 5.58 Å². The second-order valence-corrected chi connectivity index (χ2v) is 5.13. The van der Waals surface area contributed by atoms with Crippen LogP contribution in [0.1, 0.15) is 18.1 Å². The number of ether oxygens (including phenoxy) is 2. The van der Waals surface area contributed by atoms with Gasteiger partial charge in [-0.25, -0.2) is 0 Å². The molecule has 0 aliphatic carbocycles. The van der Waals surface area contributed by atoms with Gasteiger partial charge in [-0.1, -0.05) is 24.3 Å². The van der Waals surface area contributed by atoms with Crippen LogP contribution in [0.25, 0.3) is 21.7 Å². The summed E-state index contributed by atoms with van der Waals surface area (Å²) in [5.74, 6) is -0.241. The monoisotopic (exact) mass is 298 g/mol. The molecule has 0 saturated carbocycles. The van der Waals surface area contributed by atoms with Crippen LogP contribution in [-0.4, -0.2) is 19.7 Å². The Morgan fingerprint density at radius 3 is 2.77 bits per heavy atom. The fraction of sp³-hybridized carbons (Fsp3) is 0.278. The molecule has 1 aromatic heterocycles. The van der Waals surface area contributed by atoms with E-state index in [1.165, 1.54) is 0 Å². The zero-order valence-electron chi connectivity index (χ0n) is 12.7. The number of carbonyl (C=O) groups excluding carboxylic acids is 1. The van der Waals surface area contributed by atoms with Gasteiger partial charge in [-0.15, -0.1) is 0 Å². The van der Waals surface area contributed by atoms with Gasteiger partial charge in [0.05, 0.1) is 25.9 Å². The summed E-state index contributed by atoms with van der Waals surface area (Å²) in [6.07, 6.45) is 1.86. The summed E-state index contributed by atoms with van der Waals surface area (Å²) in [6, 6.07) is 10.1.